The van der Waals surface area contributed by atoms with Gasteiger partial charge in [-0.3, -0.25) is 4.79 Å². The van der Waals surface area contributed by atoms with E-state index in [9.17, 15) is 4.79 Å². The summed E-state index contributed by atoms with van der Waals surface area (Å²) in [7, 11) is 0. The average Bonchev–Trinajstić information content (AvgIpc) is 2.97. The summed E-state index contributed by atoms with van der Waals surface area (Å²) in [5, 5.41) is 4.58. The SMILES string of the molecule is Cc1ccc(-n2c(C)cc(/C=N\NC(=O)[C@H](C)Sc3ccc(Cl)cc3)c2C)cc1. The summed E-state index contributed by atoms with van der Waals surface area (Å²) < 4.78 is 2.18. The third-order valence-electron chi connectivity index (χ3n) is 4.64. The van der Waals surface area contributed by atoms with Crippen LogP contribution in [0.5, 0.6) is 0 Å². The number of carbonyl (C=O) groups excluding carboxylic acids is 1. The van der Waals surface area contributed by atoms with E-state index >= 15 is 0 Å². The number of nitrogens with one attached hydrogen (secondary N) is 1. The van der Waals surface area contributed by atoms with Crippen LogP contribution < -0.4 is 5.43 Å². The van der Waals surface area contributed by atoms with Crippen molar-refractivity contribution in [1.82, 2.24) is 9.99 Å². The van der Waals surface area contributed by atoms with E-state index in [4.69, 9.17) is 11.6 Å². The summed E-state index contributed by atoms with van der Waals surface area (Å²) in [6.07, 6.45) is 1.70. The molecule has 0 unspecified atom stereocenters. The van der Waals surface area contributed by atoms with Gasteiger partial charge in [-0.2, -0.15) is 5.10 Å². The Bertz CT molecular complexity index is 1020. The molecule has 0 saturated heterocycles. The number of nitrogens with zero attached hydrogens (tertiary/aromatic N) is 2. The van der Waals surface area contributed by atoms with Gasteiger partial charge >= 0.3 is 0 Å². The summed E-state index contributed by atoms with van der Waals surface area (Å²) in [4.78, 5) is 13.3. The largest absolute Gasteiger partial charge is 0.318 e. The highest BCUT2D eigenvalue weighted by Gasteiger charge is 2.14. The first-order valence-corrected chi connectivity index (χ1v) is 10.6. The van der Waals surface area contributed by atoms with Crippen LogP contribution in [0.4, 0.5) is 0 Å². The molecule has 1 atom stereocenters. The molecule has 0 aliphatic rings. The second kappa shape index (κ2) is 9.33. The molecule has 0 bridgehead atoms. The van der Waals surface area contributed by atoms with Gasteiger partial charge in [0, 0.05) is 32.6 Å². The zero-order valence-corrected chi connectivity index (χ0v) is 18.5. The lowest BCUT2D eigenvalue weighted by Gasteiger charge is -2.10. The average molecular weight is 426 g/mol. The first kappa shape index (κ1) is 21.2. The maximum Gasteiger partial charge on any atom is 0.253 e. The molecule has 6 heteroatoms. The van der Waals surface area contributed by atoms with Gasteiger partial charge in [0.25, 0.3) is 5.91 Å². The number of hydrogen-bond acceptors (Lipinski definition) is 3. The van der Waals surface area contributed by atoms with Gasteiger partial charge in [0.05, 0.1) is 11.5 Å². The number of carbonyl (C=O) groups is 1. The Kier molecular flexibility index (Phi) is 6.83. The van der Waals surface area contributed by atoms with Crippen molar-refractivity contribution in [3.63, 3.8) is 0 Å². The minimum atomic E-state index is -0.270. The maximum absolute atomic E-state index is 12.3. The van der Waals surface area contributed by atoms with E-state index in [1.165, 1.54) is 17.3 Å². The van der Waals surface area contributed by atoms with Crippen LogP contribution in [0.1, 0.15) is 29.4 Å². The van der Waals surface area contributed by atoms with E-state index in [1.807, 2.05) is 31.2 Å². The third kappa shape index (κ3) is 5.31. The van der Waals surface area contributed by atoms with Gasteiger partial charge in [0.2, 0.25) is 0 Å². The normalized spacial score (nSPS) is 12.3. The van der Waals surface area contributed by atoms with Gasteiger partial charge in [-0.15, -0.1) is 11.8 Å². The predicted molar refractivity (Wildman–Crippen MR) is 122 cm³/mol. The number of thioether (sulfide) groups is 1. The van der Waals surface area contributed by atoms with Crippen molar-refractivity contribution in [2.45, 2.75) is 37.8 Å². The first-order chi connectivity index (χ1) is 13.8. The Hall–Kier alpha value is -2.50. The quantitative estimate of drug-likeness (QED) is 0.313. The molecule has 2 aromatic carbocycles. The molecular formula is C23H24ClN3OS. The van der Waals surface area contributed by atoms with Crippen molar-refractivity contribution in [1.29, 1.82) is 0 Å². The van der Waals surface area contributed by atoms with Gasteiger partial charge in [0.1, 0.15) is 0 Å². The minimum Gasteiger partial charge on any atom is -0.318 e. The summed E-state index contributed by atoms with van der Waals surface area (Å²) in [5.41, 5.74) is 8.15. The second-order valence-electron chi connectivity index (χ2n) is 6.95. The molecule has 0 radical (unpaired) electrons. The van der Waals surface area contributed by atoms with Crippen molar-refractivity contribution >= 4 is 35.5 Å². The van der Waals surface area contributed by atoms with E-state index in [-0.39, 0.29) is 11.2 Å². The van der Waals surface area contributed by atoms with Crippen molar-refractivity contribution in [2.24, 2.45) is 5.10 Å². The molecule has 150 valence electrons. The molecule has 1 heterocycles. The van der Waals surface area contributed by atoms with Gasteiger partial charge < -0.3 is 4.57 Å². The molecule has 0 aliphatic carbocycles. The highest BCUT2D eigenvalue weighted by Crippen LogP contribution is 2.25. The van der Waals surface area contributed by atoms with Gasteiger partial charge in [-0.1, -0.05) is 29.3 Å². The van der Waals surface area contributed by atoms with Crippen LogP contribution in [0, 0.1) is 20.8 Å². The molecule has 3 rings (SSSR count). The molecule has 0 spiro atoms. The number of amides is 1. The van der Waals surface area contributed by atoms with E-state index in [0.29, 0.717) is 5.02 Å². The second-order valence-corrected chi connectivity index (χ2v) is 8.80. The molecule has 29 heavy (non-hydrogen) atoms. The van der Waals surface area contributed by atoms with E-state index in [1.54, 1.807) is 6.21 Å². The smallest absolute Gasteiger partial charge is 0.253 e. The zero-order valence-electron chi connectivity index (χ0n) is 16.9. The lowest BCUT2D eigenvalue weighted by Crippen LogP contribution is -2.26. The fourth-order valence-electron chi connectivity index (χ4n) is 3.04. The highest BCUT2D eigenvalue weighted by molar-refractivity contribution is 8.00. The molecular weight excluding hydrogens is 402 g/mol. The lowest BCUT2D eigenvalue weighted by molar-refractivity contribution is -0.120. The van der Waals surface area contributed by atoms with Crippen molar-refractivity contribution < 1.29 is 4.79 Å². The molecule has 4 nitrogen and oxygen atoms in total. The fourth-order valence-corrected chi connectivity index (χ4v) is 4.02. The molecule has 1 aromatic heterocycles. The number of hydrazone groups is 1. The van der Waals surface area contributed by atoms with E-state index < -0.39 is 0 Å². The van der Waals surface area contributed by atoms with Crippen LogP contribution in [0.25, 0.3) is 5.69 Å². The Morgan fingerprint density at radius 2 is 1.76 bits per heavy atom. The topological polar surface area (TPSA) is 46.4 Å². The molecule has 1 amide bonds. The number of hydrogen-bond donors (Lipinski definition) is 1. The zero-order chi connectivity index (χ0) is 21.0. The molecule has 0 aliphatic heterocycles. The van der Waals surface area contributed by atoms with Crippen LogP contribution in [0.15, 0.2) is 64.6 Å². The number of halogens is 1. The number of aromatic nitrogens is 1. The molecule has 0 saturated carbocycles. The third-order valence-corrected chi connectivity index (χ3v) is 6.00. The van der Waals surface area contributed by atoms with Crippen molar-refractivity contribution in [2.75, 3.05) is 0 Å². The fraction of sp³-hybridized carbons (Fsp3) is 0.217. The summed E-state index contributed by atoms with van der Waals surface area (Å²) >= 11 is 7.37. The summed E-state index contributed by atoms with van der Waals surface area (Å²) in [5.74, 6) is -0.145. The lowest BCUT2D eigenvalue weighted by atomic mass is 10.2. The molecule has 3 aromatic rings. The number of rotatable bonds is 6. The van der Waals surface area contributed by atoms with Crippen LogP contribution in [-0.4, -0.2) is 21.9 Å². The standard InChI is InChI=1S/C23H24ClN3OS/c1-15-5-9-21(10-6-15)27-16(2)13-19(17(27)3)14-25-26-23(28)18(4)29-22-11-7-20(24)8-12-22/h5-14,18H,1-4H3,(H,26,28)/b25-14-/t18-/m0/s1. The Morgan fingerprint density at radius 1 is 1.10 bits per heavy atom. The van der Waals surface area contributed by atoms with Gasteiger partial charge in [0.15, 0.2) is 0 Å². The monoisotopic (exact) mass is 425 g/mol. The van der Waals surface area contributed by atoms with Crippen molar-refractivity contribution in [3.05, 3.63) is 82.1 Å². The van der Waals surface area contributed by atoms with Crippen LogP contribution in [-0.2, 0) is 4.79 Å². The number of aryl methyl sites for hydroxylation is 2. The van der Waals surface area contributed by atoms with Crippen molar-refractivity contribution in [3.8, 4) is 5.69 Å². The Balaban J connectivity index is 1.65. The van der Waals surface area contributed by atoms with E-state index in [2.05, 4.69) is 66.2 Å². The summed E-state index contributed by atoms with van der Waals surface area (Å²) in [6.45, 7) is 8.04. The maximum atomic E-state index is 12.3. The molecule has 0 fully saturated rings. The Morgan fingerprint density at radius 3 is 2.41 bits per heavy atom. The van der Waals surface area contributed by atoms with Crippen LogP contribution >= 0.6 is 23.4 Å². The predicted octanol–water partition coefficient (Wildman–Crippen LogP) is 5.69. The first-order valence-electron chi connectivity index (χ1n) is 9.36. The van der Waals surface area contributed by atoms with Gasteiger partial charge in [-0.05, 0) is 70.2 Å². The molecule has 1 N–H and O–H groups in total. The minimum absolute atomic E-state index is 0.145. The van der Waals surface area contributed by atoms with Gasteiger partial charge in [-0.25, -0.2) is 5.43 Å². The van der Waals surface area contributed by atoms with Crippen LogP contribution in [0.2, 0.25) is 5.02 Å². The van der Waals surface area contributed by atoms with Crippen LogP contribution in [0.3, 0.4) is 0 Å². The van der Waals surface area contributed by atoms with E-state index in [0.717, 1.165) is 27.5 Å². The Labute approximate surface area is 181 Å². The highest BCUT2D eigenvalue weighted by atomic mass is 35.5. The number of benzene rings is 2. The summed E-state index contributed by atoms with van der Waals surface area (Å²) in [6, 6.07) is 17.9.